The van der Waals surface area contributed by atoms with Crippen molar-refractivity contribution in [3.8, 4) is 0 Å². The van der Waals surface area contributed by atoms with Gasteiger partial charge in [-0.3, -0.25) is 29.4 Å². The van der Waals surface area contributed by atoms with E-state index in [4.69, 9.17) is 0 Å². The normalized spacial score (nSPS) is 14.1. The van der Waals surface area contributed by atoms with Crippen LogP contribution in [0.1, 0.15) is 21.5 Å². The predicted octanol–water partition coefficient (Wildman–Crippen LogP) is 5.21. The fourth-order valence-electron chi connectivity index (χ4n) is 4.37. The Morgan fingerprint density at radius 1 is 1.02 bits per heavy atom. The summed E-state index contributed by atoms with van der Waals surface area (Å²) in [4.78, 5) is 61.9. The van der Waals surface area contributed by atoms with Gasteiger partial charge in [0.1, 0.15) is 6.54 Å². The summed E-state index contributed by atoms with van der Waals surface area (Å²) >= 11 is 0.811. The van der Waals surface area contributed by atoms with Gasteiger partial charge in [-0.15, -0.1) is 0 Å². The lowest BCUT2D eigenvalue weighted by molar-refractivity contribution is -0.384. The Kier molecular flexibility index (Phi) is 7.66. The number of carbonyl (C=O) groups excluding carboxylic acids is 4. The second-order valence-corrected chi connectivity index (χ2v) is 10.0. The van der Waals surface area contributed by atoms with E-state index in [2.05, 4.69) is 10.1 Å². The van der Waals surface area contributed by atoms with Crippen LogP contribution in [0, 0.1) is 10.1 Å². The van der Waals surface area contributed by atoms with Gasteiger partial charge in [0.05, 0.1) is 29.0 Å². The van der Waals surface area contributed by atoms with E-state index in [-0.39, 0.29) is 29.6 Å². The lowest BCUT2D eigenvalue weighted by Gasteiger charge is -2.12. The first kappa shape index (κ1) is 27.3. The van der Waals surface area contributed by atoms with Gasteiger partial charge in [-0.2, -0.15) is 0 Å². The second kappa shape index (κ2) is 11.5. The van der Waals surface area contributed by atoms with E-state index in [0.29, 0.717) is 22.4 Å². The van der Waals surface area contributed by atoms with Crippen LogP contribution in [-0.2, 0) is 27.4 Å². The highest BCUT2D eigenvalue weighted by Gasteiger charge is 2.35. The molecule has 0 aliphatic carbocycles. The molecule has 1 N–H and O–H groups in total. The van der Waals surface area contributed by atoms with Crippen molar-refractivity contribution in [3.63, 3.8) is 0 Å². The molecular weight excluding hydrogens is 548 g/mol. The maximum absolute atomic E-state index is 13.1. The number of thioether (sulfide) groups is 1. The number of imide groups is 1. The van der Waals surface area contributed by atoms with Crippen LogP contribution in [0.3, 0.4) is 0 Å². The monoisotopic (exact) mass is 570 g/mol. The molecule has 41 heavy (non-hydrogen) atoms. The number of hydrogen-bond acceptors (Lipinski definition) is 8. The van der Waals surface area contributed by atoms with Gasteiger partial charge in [0.25, 0.3) is 16.8 Å². The fourth-order valence-corrected chi connectivity index (χ4v) is 5.20. The molecule has 0 bridgehead atoms. The number of hydrogen-bond donors (Lipinski definition) is 1. The van der Waals surface area contributed by atoms with Crippen LogP contribution in [0.2, 0.25) is 0 Å². The number of nitrogens with one attached hydrogen (secondary N) is 1. The number of rotatable bonds is 8. The topological polar surface area (TPSA) is 141 Å². The minimum absolute atomic E-state index is 0.0114. The Hall–Kier alpha value is -5.23. The minimum atomic E-state index is -0.517. The highest BCUT2D eigenvalue weighted by atomic mass is 32.2. The molecule has 0 radical (unpaired) electrons. The largest absolute Gasteiger partial charge is 0.465 e. The average molecular weight is 571 g/mol. The highest BCUT2D eigenvalue weighted by molar-refractivity contribution is 8.18. The summed E-state index contributed by atoms with van der Waals surface area (Å²) in [6.07, 6.45) is 3.37. The van der Waals surface area contributed by atoms with Gasteiger partial charge in [-0.1, -0.05) is 30.3 Å². The van der Waals surface area contributed by atoms with Crippen LogP contribution in [0.5, 0.6) is 0 Å². The molecule has 206 valence electrons. The van der Waals surface area contributed by atoms with E-state index in [1.807, 2.05) is 24.3 Å². The molecule has 0 saturated carbocycles. The highest BCUT2D eigenvalue weighted by Crippen LogP contribution is 2.35. The average Bonchev–Trinajstić information content (AvgIpc) is 3.44. The van der Waals surface area contributed by atoms with Gasteiger partial charge in [0.2, 0.25) is 5.91 Å². The van der Waals surface area contributed by atoms with Crippen LogP contribution in [0.25, 0.3) is 17.0 Å². The van der Waals surface area contributed by atoms with Gasteiger partial charge in [0.15, 0.2) is 0 Å². The van der Waals surface area contributed by atoms with Gasteiger partial charge >= 0.3 is 5.97 Å². The summed E-state index contributed by atoms with van der Waals surface area (Å²) in [6, 6.07) is 19.4. The number of esters is 1. The molecule has 1 aliphatic rings. The smallest absolute Gasteiger partial charge is 0.337 e. The lowest BCUT2D eigenvalue weighted by atomic mass is 10.1. The number of ether oxygens (including phenoxy) is 1. The van der Waals surface area contributed by atoms with E-state index < -0.39 is 22.0 Å². The molecule has 2 heterocycles. The molecule has 4 aromatic rings. The summed E-state index contributed by atoms with van der Waals surface area (Å²) in [5.41, 5.74) is 2.81. The number of nitro groups is 1. The van der Waals surface area contributed by atoms with Crippen molar-refractivity contribution in [1.29, 1.82) is 0 Å². The van der Waals surface area contributed by atoms with Crippen molar-refractivity contribution < 1.29 is 28.8 Å². The van der Waals surface area contributed by atoms with Crippen molar-refractivity contribution in [2.45, 2.75) is 13.1 Å². The number of anilines is 1. The number of nitro benzene ring substituents is 1. The molecule has 1 aliphatic heterocycles. The quantitative estimate of drug-likeness (QED) is 0.132. The SMILES string of the molecule is COC(=O)c1ccc(NC(=O)Cn2cc(/C=C3\SC(=O)N(Cc4ccc([N+](=O)[O-])cc4)C3=O)c3ccccc32)cc1. The number of methoxy groups -OCH3 is 1. The van der Waals surface area contributed by atoms with Crippen molar-refractivity contribution >= 4 is 63.1 Å². The van der Waals surface area contributed by atoms with Crippen LogP contribution < -0.4 is 5.32 Å². The molecule has 1 saturated heterocycles. The first-order valence-electron chi connectivity index (χ1n) is 12.3. The van der Waals surface area contributed by atoms with Crippen LogP contribution >= 0.6 is 11.8 Å². The predicted molar refractivity (Wildman–Crippen MR) is 153 cm³/mol. The number of carbonyl (C=O) groups is 4. The van der Waals surface area contributed by atoms with Crippen LogP contribution in [-0.4, -0.2) is 44.5 Å². The molecule has 11 nitrogen and oxygen atoms in total. The van der Waals surface area contributed by atoms with Crippen molar-refractivity contribution in [2.24, 2.45) is 0 Å². The molecule has 3 amide bonds. The summed E-state index contributed by atoms with van der Waals surface area (Å²) < 4.78 is 6.43. The zero-order valence-corrected chi connectivity index (χ0v) is 22.4. The lowest BCUT2D eigenvalue weighted by Crippen LogP contribution is -2.27. The number of fused-ring (bicyclic) bond motifs is 1. The number of amides is 3. The van der Waals surface area contributed by atoms with E-state index in [1.54, 1.807) is 41.1 Å². The summed E-state index contributed by atoms with van der Waals surface area (Å²) in [5.74, 6) is -1.24. The molecule has 0 unspecified atom stereocenters. The van der Waals surface area contributed by atoms with Crippen LogP contribution in [0.15, 0.2) is 83.9 Å². The van der Waals surface area contributed by atoms with Crippen molar-refractivity contribution in [3.05, 3.63) is 111 Å². The molecular formula is C29H22N4O7S. The second-order valence-electron chi connectivity index (χ2n) is 9.04. The zero-order chi connectivity index (χ0) is 29.1. The van der Waals surface area contributed by atoms with Crippen LogP contribution in [0.4, 0.5) is 16.2 Å². The number of benzene rings is 3. The third kappa shape index (κ3) is 5.87. The molecule has 1 fully saturated rings. The van der Waals surface area contributed by atoms with Crippen molar-refractivity contribution in [2.75, 3.05) is 12.4 Å². The number of non-ortho nitro benzene ring substituents is 1. The maximum atomic E-state index is 13.1. The Bertz CT molecular complexity index is 1730. The summed E-state index contributed by atoms with van der Waals surface area (Å²) in [5, 5.41) is 14.0. The Morgan fingerprint density at radius 3 is 2.41 bits per heavy atom. The van der Waals surface area contributed by atoms with E-state index in [9.17, 15) is 29.3 Å². The fraction of sp³-hybridized carbons (Fsp3) is 0.103. The van der Waals surface area contributed by atoms with E-state index >= 15 is 0 Å². The minimum Gasteiger partial charge on any atom is -0.465 e. The molecule has 3 aromatic carbocycles. The van der Waals surface area contributed by atoms with E-state index in [1.165, 1.54) is 31.4 Å². The standard InChI is InChI=1S/C29H22N4O7S/c1-40-28(36)19-8-10-21(11-9-19)30-26(34)17-31-16-20(23-4-2-3-5-24(23)31)14-25-27(35)32(29(37)41-25)15-18-6-12-22(13-7-18)33(38)39/h2-14,16H,15,17H2,1H3,(H,30,34)/b25-14-. The number of nitrogens with zero attached hydrogens (tertiary/aromatic N) is 3. The summed E-state index contributed by atoms with van der Waals surface area (Å²) in [7, 11) is 1.29. The maximum Gasteiger partial charge on any atom is 0.337 e. The number of para-hydroxylation sites is 1. The van der Waals surface area contributed by atoms with Gasteiger partial charge in [-0.25, -0.2) is 4.79 Å². The zero-order valence-electron chi connectivity index (χ0n) is 21.6. The van der Waals surface area contributed by atoms with Gasteiger partial charge in [0, 0.05) is 40.5 Å². The third-order valence-corrected chi connectivity index (χ3v) is 7.28. The summed E-state index contributed by atoms with van der Waals surface area (Å²) in [6.45, 7) is -0.0305. The van der Waals surface area contributed by atoms with Gasteiger partial charge in [-0.05, 0) is 53.7 Å². The molecule has 0 spiro atoms. The Balaban J connectivity index is 1.33. The molecule has 0 atom stereocenters. The third-order valence-electron chi connectivity index (χ3n) is 6.37. The first-order chi connectivity index (χ1) is 19.7. The first-order valence-corrected chi connectivity index (χ1v) is 13.1. The molecule has 1 aromatic heterocycles. The Morgan fingerprint density at radius 2 is 1.73 bits per heavy atom. The van der Waals surface area contributed by atoms with E-state index in [0.717, 1.165) is 27.6 Å². The van der Waals surface area contributed by atoms with Crippen molar-refractivity contribution in [1.82, 2.24) is 9.47 Å². The Labute approximate surface area is 237 Å². The molecule has 5 rings (SSSR count). The number of aromatic nitrogens is 1. The molecule has 12 heteroatoms. The van der Waals surface area contributed by atoms with Gasteiger partial charge < -0.3 is 14.6 Å².